The standard InChI is InChI=1S/C22H19F3N2O2/c1-14-5-6-16(12-15(14)2)13-27-11-3-4-19(27)20(28)21(29)26-18-9-7-17(8-10-18)22(23,24)25/h3-12H,13H2,1-2H3,(H,26,29). The number of amides is 1. The van der Waals surface area contributed by atoms with Crippen molar-refractivity contribution in [2.24, 2.45) is 0 Å². The van der Waals surface area contributed by atoms with Crippen LogP contribution >= 0.6 is 0 Å². The number of aryl methyl sites for hydroxylation is 2. The van der Waals surface area contributed by atoms with Gasteiger partial charge in [-0.2, -0.15) is 13.2 Å². The van der Waals surface area contributed by atoms with Gasteiger partial charge in [-0.3, -0.25) is 9.59 Å². The first-order valence-corrected chi connectivity index (χ1v) is 8.89. The first-order chi connectivity index (χ1) is 13.6. The predicted octanol–water partition coefficient (Wildman–Crippen LogP) is 4.99. The van der Waals surface area contributed by atoms with Gasteiger partial charge in [-0.05, 0) is 66.9 Å². The number of nitrogens with one attached hydrogen (secondary N) is 1. The van der Waals surface area contributed by atoms with E-state index in [1.165, 1.54) is 6.07 Å². The van der Waals surface area contributed by atoms with Crippen LogP contribution in [0.5, 0.6) is 0 Å². The molecule has 7 heteroatoms. The molecule has 1 aromatic heterocycles. The Morgan fingerprint density at radius 3 is 2.28 bits per heavy atom. The fraction of sp³-hybridized carbons (Fsp3) is 0.182. The van der Waals surface area contributed by atoms with Gasteiger partial charge in [-0.1, -0.05) is 18.2 Å². The van der Waals surface area contributed by atoms with Crippen molar-refractivity contribution in [3.05, 3.63) is 88.7 Å². The molecule has 0 aliphatic carbocycles. The largest absolute Gasteiger partial charge is 0.416 e. The highest BCUT2D eigenvalue weighted by Gasteiger charge is 2.30. The van der Waals surface area contributed by atoms with Crippen LogP contribution in [0.4, 0.5) is 18.9 Å². The lowest BCUT2D eigenvalue weighted by atomic mass is 10.1. The number of carbonyl (C=O) groups excluding carboxylic acids is 2. The van der Waals surface area contributed by atoms with Crippen molar-refractivity contribution in [3.63, 3.8) is 0 Å². The molecule has 0 fully saturated rings. The molecule has 0 bridgehead atoms. The highest BCUT2D eigenvalue weighted by Crippen LogP contribution is 2.29. The second kappa shape index (κ2) is 7.95. The second-order valence-corrected chi connectivity index (χ2v) is 6.80. The van der Waals surface area contributed by atoms with E-state index in [2.05, 4.69) is 5.32 Å². The molecule has 0 atom stereocenters. The number of benzene rings is 2. The molecular weight excluding hydrogens is 381 g/mol. The van der Waals surface area contributed by atoms with Crippen LogP contribution in [0.25, 0.3) is 0 Å². The molecule has 0 spiro atoms. The predicted molar refractivity (Wildman–Crippen MR) is 104 cm³/mol. The summed E-state index contributed by atoms with van der Waals surface area (Å²) in [6.45, 7) is 4.43. The summed E-state index contributed by atoms with van der Waals surface area (Å²) in [5, 5.41) is 2.35. The minimum atomic E-state index is -4.46. The van der Waals surface area contributed by atoms with Crippen molar-refractivity contribution in [3.8, 4) is 0 Å². The van der Waals surface area contributed by atoms with Gasteiger partial charge < -0.3 is 9.88 Å². The highest BCUT2D eigenvalue weighted by molar-refractivity contribution is 6.46. The van der Waals surface area contributed by atoms with E-state index in [1.54, 1.807) is 16.8 Å². The number of ketones is 1. The minimum absolute atomic E-state index is 0.114. The number of aromatic nitrogens is 1. The molecule has 0 radical (unpaired) electrons. The van der Waals surface area contributed by atoms with Crippen LogP contribution < -0.4 is 5.32 Å². The Bertz CT molecular complexity index is 1050. The summed E-state index contributed by atoms with van der Waals surface area (Å²) in [5.74, 6) is -1.68. The molecule has 0 saturated carbocycles. The molecule has 2 aromatic carbocycles. The summed E-state index contributed by atoms with van der Waals surface area (Å²) in [6, 6.07) is 13.1. The Balaban J connectivity index is 1.73. The summed E-state index contributed by atoms with van der Waals surface area (Å²) < 4.78 is 39.5. The number of nitrogens with zero attached hydrogens (tertiary/aromatic N) is 1. The van der Waals surface area contributed by atoms with Gasteiger partial charge in [0.05, 0.1) is 11.3 Å². The van der Waals surface area contributed by atoms with Gasteiger partial charge in [0.25, 0.3) is 11.7 Å². The minimum Gasteiger partial charge on any atom is -0.340 e. The second-order valence-electron chi connectivity index (χ2n) is 6.80. The molecule has 1 N–H and O–H groups in total. The quantitative estimate of drug-likeness (QED) is 0.484. The van der Waals surface area contributed by atoms with Gasteiger partial charge in [-0.25, -0.2) is 0 Å². The van der Waals surface area contributed by atoms with Crippen molar-refractivity contribution < 1.29 is 22.8 Å². The Hall–Kier alpha value is -3.35. The maximum atomic E-state index is 12.6. The fourth-order valence-electron chi connectivity index (χ4n) is 2.90. The summed E-state index contributed by atoms with van der Waals surface area (Å²) in [4.78, 5) is 24.9. The number of Topliss-reactive ketones (excluding diaryl/α,β-unsaturated/α-hetero) is 1. The average molecular weight is 400 g/mol. The smallest absolute Gasteiger partial charge is 0.340 e. The van der Waals surface area contributed by atoms with Crippen LogP contribution in [0.15, 0.2) is 60.8 Å². The lowest BCUT2D eigenvalue weighted by Crippen LogP contribution is -2.25. The third kappa shape index (κ3) is 4.74. The zero-order chi connectivity index (χ0) is 21.2. The summed E-state index contributed by atoms with van der Waals surface area (Å²) in [7, 11) is 0. The van der Waals surface area contributed by atoms with Gasteiger partial charge in [0.15, 0.2) is 0 Å². The van der Waals surface area contributed by atoms with E-state index in [4.69, 9.17) is 0 Å². The van der Waals surface area contributed by atoms with E-state index in [1.807, 2.05) is 32.0 Å². The van der Waals surface area contributed by atoms with Gasteiger partial charge in [0.1, 0.15) is 0 Å². The highest BCUT2D eigenvalue weighted by atomic mass is 19.4. The third-order valence-corrected chi connectivity index (χ3v) is 4.66. The number of carbonyl (C=O) groups is 2. The molecule has 4 nitrogen and oxygen atoms in total. The number of alkyl halides is 3. The first kappa shape index (κ1) is 20.4. The van der Waals surface area contributed by atoms with E-state index in [0.717, 1.165) is 41.0 Å². The molecule has 0 saturated heterocycles. The summed E-state index contributed by atoms with van der Waals surface area (Å²) in [6.07, 6.45) is -2.76. The number of hydrogen-bond acceptors (Lipinski definition) is 2. The molecular formula is C22H19F3N2O2. The van der Waals surface area contributed by atoms with E-state index in [0.29, 0.717) is 6.54 Å². The van der Waals surface area contributed by atoms with Crippen molar-refractivity contribution in [1.82, 2.24) is 4.57 Å². The maximum absolute atomic E-state index is 12.6. The van der Waals surface area contributed by atoms with Crippen molar-refractivity contribution in [2.75, 3.05) is 5.32 Å². The molecule has 29 heavy (non-hydrogen) atoms. The third-order valence-electron chi connectivity index (χ3n) is 4.66. The molecule has 3 aromatic rings. The maximum Gasteiger partial charge on any atom is 0.416 e. The van der Waals surface area contributed by atoms with E-state index < -0.39 is 23.4 Å². The van der Waals surface area contributed by atoms with Gasteiger partial charge in [0, 0.05) is 18.4 Å². The molecule has 0 unspecified atom stereocenters. The van der Waals surface area contributed by atoms with Crippen molar-refractivity contribution in [2.45, 2.75) is 26.6 Å². The lowest BCUT2D eigenvalue weighted by molar-refractivity contribution is -0.137. The topological polar surface area (TPSA) is 51.1 Å². The van der Waals surface area contributed by atoms with Gasteiger partial charge in [0.2, 0.25) is 0 Å². The number of halogens is 3. The van der Waals surface area contributed by atoms with Gasteiger partial charge >= 0.3 is 6.18 Å². The Kier molecular flexibility index (Phi) is 5.59. The van der Waals surface area contributed by atoms with Crippen LogP contribution in [0.1, 0.15) is 32.7 Å². The summed E-state index contributed by atoms with van der Waals surface area (Å²) >= 11 is 0. The lowest BCUT2D eigenvalue weighted by Gasteiger charge is -2.11. The molecule has 150 valence electrons. The number of anilines is 1. The molecule has 1 amide bonds. The van der Waals surface area contributed by atoms with Crippen LogP contribution in [-0.2, 0) is 17.5 Å². The molecule has 0 aliphatic heterocycles. The molecule has 0 aliphatic rings. The molecule has 1 heterocycles. The Morgan fingerprint density at radius 2 is 1.66 bits per heavy atom. The van der Waals surface area contributed by atoms with Crippen molar-refractivity contribution in [1.29, 1.82) is 0 Å². The zero-order valence-electron chi connectivity index (χ0n) is 15.9. The number of rotatable bonds is 5. The van der Waals surface area contributed by atoms with E-state index in [9.17, 15) is 22.8 Å². The van der Waals surface area contributed by atoms with Gasteiger partial charge in [-0.15, -0.1) is 0 Å². The Labute approximate surface area is 166 Å². The first-order valence-electron chi connectivity index (χ1n) is 8.89. The SMILES string of the molecule is Cc1ccc(Cn2cccc2C(=O)C(=O)Nc2ccc(C(F)(F)F)cc2)cc1C. The average Bonchev–Trinajstić information content (AvgIpc) is 3.12. The zero-order valence-corrected chi connectivity index (χ0v) is 15.9. The van der Waals surface area contributed by atoms with Crippen molar-refractivity contribution >= 4 is 17.4 Å². The van der Waals surface area contributed by atoms with Crippen LogP contribution in [0.3, 0.4) is 0 Å². The normalized spacial score (nSPS) is 11.3. The Morgan fingerprint density at radius 1 is 0.966 bits per heavy atom. The number of hydrogen-bond donors (Lipinski definition) is 1. The summed E-state index contributed by atoms with van der Waals surface area (Å²) in [5.41, 5.74) is 2.76. The van der Waals surface area contributed by atoms with Crippen LogP contribution in [0.2, 0.25) is 0 Å². The fourth-order valence-corrected chi connectivity index (χ4v) is 2.90. The van der Waals surface area contributed by atoms with Crippen LogP contribution in [-0.4, -0.2) is 16.3 Å². The molecule has 3 rings (SSSR count). The van der Waals surface area contributed by atoms with E-state index >= 15 is 0 Å². The van der Waals surface area contributed by atoms with E-state index in [-0.39, 0.29) is 11.4 Å². The monoisotopic (exact) mass is 400 g/mol. The van der Waals surface area contributed by atoms with Crippen LogP contribution in [0, 0.1) is 13.8 Å².